The summed E-state index contributed by atoms with van der Waals surface area (Å²) in [6.07, 6.45) is 0. The van der Waals surface area contributed by atoms with Crippen LogP contribution in [0.4, 0.5) is 5.69 Å². The molecule has 2 rings (SSSR count). The molecule has 0 saturated heterocycles. The van der Waals surface area contributed by atoms with Crippen molar-refractivity contribution in [3.8, 4) is 0 Å². The largest absolute Gasteiger partial charge is 0.375 e. The maximum atomic E-state index is 10.6. The number of hydrogen-bond acceptors (Lipinski definition) is 5. The Kier molecular flexibility index (Phi) is 3.12. The van der Waals surface area contributed by atoms with Gasteiger partial charge in [0.25, 0.3) is 5.69 Å². The molecule has 6 heteroatoms. The molecule has 0 atom stereocenters. The quantitative estimate of drug-likeness (QED) is 0.606. The van der Waals surface area contributed by atoms with Crippen molar-refractivity contribution < 1.29 is 9.66 Å². The van der Waals surface area contributed by atoms with E-state index in [2.05, 4.69) is 4.98 Å². The molecule has 0 amide bonds. The van der Waals surface area contributed by atoms with E-state index in [9.17, 15) is 10.1 Å². The minimum absolute atomic E-state index is 0.0964. The first-order chi connectivity index (χ1) is 7.70. The van der Waals surface area contributed by atoms with Crippen LogP contribution >= 0.6 is 11.3 Å². The number of non-ortho nitro benzene ring substituents is 1. The summed E-state index contributed by atoms with van der Waals surface area (Å²) in [4.78, 5) is 14.5. The van der Waals surface area contributed by atoms with Crippen LogP contribution in [-0.4, -0.2) is 16.5 Å². The van der Waals surface area contributed by atoms with Crippen LogP contribution in [0.25, 0.3) is 10.2 Å². The third kappa shape index (κ3) is 2.17. The van der Waals surface area contributed by atoms with Gasteiger partial charge >= 0.3 is 0 Å². The topological polar surface area (TPSA) is 65.3 Å². The van der Waals surface area contributed by atoms with Crippen molar-refractivity contribution in [2.24, 2.45) is 0 Å². The van der Waals surface area contributed by atoms with Gasteiger partial charge < -0.3 is 4.74 Å². The van der Waals surface area contributed by atoms with Crippen LogP contribution in [-0.2, 0) is 11.3 Å². The summed E-state index contributed by atoms with van der Waals surface area (Å²) in [6, 6.07) is 4.67. The highest BCUT2D eigenvalue weighted by Gasteiger charge is 2.09. The van der Waals surface area contributed by atoms with Gasteiger partial charge in [-0.3, -0.25) is 10.1 Å². The summed E-state index contributed by atoms with van der Waals surface area (Å²) in [7, 11) is 0. The predicted molar refractivity (Wildman–Crippen MR) is 61.6 cm³/mol. The van der Waals surface area contributed by atoms with E-state index >= 15 is 0 Å². The Bertz CT molecular complexity index is 524. The molecule has 1 aromatic heterocycles. The fourth-order valence-corrected chi connectivity index (χ4v) is 2.26. The van der Waals surface area contributed by atoms with E-state index in [4.69, 9.17) is 4.74 Å². The van der Waals surface area contributed by atoms with E-state index in [1.54, 1.807) is 12.1 Å². The number of rotatable bonds is 4. The normalized spacial score (nSPS) is 10.8. The number of hydrogen-bond donors (Lipinski definition) is 0. The maximum Gasteiger partial charge on any atom is 0.270 e. The first-order valence-electron chi connectivity index (χ1n) is 4.82. The fourth-order valence-electron chi connectivity index (χ4n) is 1.33. The lowest BCUT2D eigenvalue weighted by molar-refractivity contribution is -0.384. The summed E-state index contributed by atoms with van der Waals surface area (Å²) >= 11 is 1.43. The van der Waals surface area contributed by atoms with E-state index in [-0.39, 0.29) is 5.69 Å². The summed E-state index contributed by atoms with van der Waals surface area (Å²) < 4.78 is 6.06. The molecule has 0 spiro atoms. The number of thiazole rings is 1. The summed E-state index contributed by atoms with van der Waals surface area (Å²) in [5, 5.41) is 11.4. The van der Waals surface area contributed by atoms with Crippen molar-refractivity contribution in [2.45, 2.75) is 13.5 Å². The zero-order valence-corrected chi connectivity index (χ0v) is 9.49. The van der Waals surface area contributed by atoms with Crippen LogP contribution in [0, 0.1) is 10.1 Å². The van der Waals surface area contributed by atoms with Crippen molar-refractivity contribution in [1.82, 2.24) is 4.98 Å². The van der Waals surface area contributed by atoms with E-state index in [0.717, 1.165) is 15.2 Å². The van der Waals surface area contributed by atoms with Crippen LogP contribution in [0.1, 0.15) is 11.9 Å². The lowest BCUT2D eigenvalue weighted by atomic mass is 10.3. The molecule has 0 radical (unpaired) electrons. The number of benzene rings is 1. The molecular weight excluding hydrogens is 228 g/mol. The summed E-state index contributed by atoms with van der Waals surface area (Å²) in [6.45, 7) is 3.01. The second-order valence-electron chi connectivity index (χ2n) is 3.15. The summed E-state index contributed by atoms with van der Waals surface area (Å²) in [5.41, 5.74) is 0.879. The highest BCUT2D eigenvalue weighted by molar-refractivity contribution is 7.18. The van der Waals surface area contributed by atoms with E-state index in [1.807, 2.05) is 6.92 Å². The summed E-state index contributed by atoms with van der Waals surface area (Å²) in [5.74, 6) is 0. The molecule has 1 aromatic carbocycles. The SMILES string of the molecule is CCOCc1nc2ccc([N+](=O)[O-])cc2s1. The average molecular weight is 238 g/mol. The van der Waals surface area contributed by atoms with E-state index < -0.39 is 4.92 Å². The molecule has 0 aliphatic carbocycles. The molecule has 0 unspecified atom stereocenters. The standard InChI is InChI=1S/C10H10N2O3S/c1-2-15-6-10-11-8-4-3-7(12(13)14)5-9(8)16-10/h3-5H,2,6H2,1H3. The van der Waals surface area contributed by atoms with Crippen LogP contribution in [0.2, 0.25) is 0 Å². The number of fused-ring (bicyclic) bond motifs is 1. The van der Waals surface area contributed by atoms with Crippen molar-refractivity contribution in [1.29, 1.82) is 0 Å². The zero-order valence-electron chi connectivity index (χ0n) is 8.67. The first-order valence-corrected chi connectivity index (χ1v) is 5.64. The maximum absolute atomic E-state index is 10.6. The predicted octanol–water partition coefficient (Wildman–Crippen LogP) is 2.74. The number of ether oxygens (including phenoxy) is 1. The van der Waals surface area contributed by atoms with Crippen molar-refractivity contribution in [2.75, 3.05) is 6.61 Å². The molecular formula is C10H10N2O3S. The van der Waals surface area contributed by atoms with Crippen LogP contribution < -0.4 is 0 Å². The molecule has 0 fully saturated rings. The highest BCUT2D eigenvalue weighted by Crippen LogP contribution is 2.26. The molecule has 2 aromatic rings. The van der Waals surface area contributed by atoms with Crippen molar-refractivity contribution in [3.05, 3.63) is 33.3 Å². The minimum atomic E-state index is -0.401. The number of nitrogens with zero attached hydrogens (tertiary/aromatic N) is 2. The van der Waals surface area contributed by atoms with Gasteiger partial charge in [-0.1, -0.05) is 0 Å². The smallest absolute Gasteiger partial charge is 0.270 e. The Morgan fingerprint density at radius 1 is 1.56 bits per heavy atom. The molecule has 0 bridgehead atoms. The van der Waals surface area contributed by atoms with Crippen LogP contribution in [0.5, 0.6) is 0 Å². The molecule has 0 N–H and O–H groups in total. The third-order valence-corrected chi connectivity index (χ3v) is 3.05. The van der Waals surface area contributed by atoms with Gasteiger partial charge in [0.15, 0.2) is 0 Å². The van der Waals surface area contributed by atoms with Gasteiger partial charge in [-0.25, -0.2) is 4.98 Å². The average Bonchev–Trinajstić information content (AvgIpc) is 2.67. The van der Waals surface area contributed by atoms with Gasteiger partial charge in [0.1, 0.15) is 5.01 Å². The molecule has 0 aliphatic heterocycles. The van der Waals surface area contributed by atoms with Gasteiger partial charge in [-0.2, -0.15) is 0 Å². The molecule has 1 heterocycles. The van der Waals surface area contributed by atoms with Gasteiger partial charge in [0.2, 0.25) is 0 Å². The Morgan fingerprint density at radius 2 is 2.38 bits per heavy atom. The van der Waals surface area contributed by atoms with E-state index in [1.165, 1.54) is 17.4 Å². The molecule has 0 saturated carbocycles. The number of aromatic nitrogens is 1. The van der Waals surface area contributed by atoms with Crippen LogP contribution in [0.15, 0.2) is 18.2 Å². The Labute approximate surface area is 95.8 Å². The zero-order chi connectivity index (χ0) is 11.5. The van der Waals surface area contributed by atoms with Crippen molar-refractivity contribution >= 4 is 27.2 Å². The second kappa shape index (κ2) is 4.54. The third-order valence-electron chi connectivity index (χ3n) is 2.06. The van der Waals surface area contributed by atoms with Crippen molar-refractivity contribution in [3.63, 3.8) is 0 Å². The Morgan fingerprint density at radius 3 is 3.06 bits per heavy atom. The molecule has 0 aliphatic rings. The Balaban J connectivity index is 2.34. The van der Waals surface area contributed by atoms with Gasteiger partial charge in [-0.15, -0.1) is 11.3 Å². The van der Waals surface area contributed by atoms with E-state index in [0.29, 0.717) is 13.2 Å². The minimum Gasteiger partial charge on any atom is -0.375 e. The van der Waals surface area contributed by atoms with Gasteiger partial charge in [-0.05, 0) is 13.0 Å². The number of nitro groups is 1. The lowest BCUT2D eigenvalue weighted by Gasteiger charge is -1.93. The molecule has 5 nitrogen and oxygen atoms in total. The van der Waals surface area contributed by atoms with Gasteiger partial charge in [0, 0.05) is 18.7 Å². The fraction of sp³-hybridized carbons (Fsp3) is 0.300. The lowest BCUT2D eigenvalue weighted by Crippen LogP contribution is -1.89. The molecule has 16 heavy (non-hydrogen) atoms. The monoisotopic (exact) mass is 238 g/mol. The van der Waals surface area contributed by atoms with Crippen LogP contribution in [0.3, 0.4) is 0 Å². The second-order valence-corrected chi connectivity index (χ2v) is 4.27. The van der Waals surface area contributed by atoms with Gasteiger partial charge in [0.05, 0.1) is 21.7 Å². The first kappa shape index (κ1) is 11.0. The molecule has 84 valence electrons. The highest BCUT2D eigenvalue weighted by atomic mass is 32.1. The Hall–Kier alpha value is -1.53. The number of nitro benzene ring substituents is 1.